The molecule has 16 heavy (non-hydrogen) atoms. The SMILES string of the molecule is COC(=O)c1nn(CC(C)=O)cc1[N+](=O)[O-]. The molecular formula is C8H9N3O5. The fourth-order valence-corrected chi connectivity index (χ4v) is 1.10. The smallest absolute Gasteiger partial charge is 0.365 e. The standard InChI is InChI=1S/C8H9N3O5/c1-5(12)3-10-4-6(11(14)15)7(9-10)8(13)16-2/h4H,3H2,1-2H3. The van der Waals surface area contributed by atoms with Gasteiger partial charge in [-0.15, -0.1) is 0 Å². The summed E-state index contributed by atoms with van der Waals surface area (Å²) in [5.74, 6) is -1.14. The number of esters is 1. The summed E-state index contributed by atoms with van der Waals surface area (Å²) in [6, 6.07) is 0. The Morgan fingerprint density at radius 1 is 1.62 bits per heavy atom. The van der Waals surface area contributed by atoms with E-state index in [-0.39, 0.29) is 12.3 Å². The molecule has 0 amide bonds. The van der Waals surface area contributed by atoms with Gasteiger partial charge >= 0.3 is 11.7 Å². The first-order chi connectivity index (χ1) is 7.45. The van der Waals surface area contributed by atoms with Gasteiger partial charge < -0.3 is 4.74 Å². The molecule has 1 aromatic rings. The second kappa shape index (κ2) is 4.51. The van der Waals surface area contributed by atoms with Gasteiger partial charge in [-0.2, -0.15) is 5.10 Å². The van der Waals surface area contributed by atoms with Gasteiger partial charge in [-0.1, -0.05) is 0 Å². The van der Waals surface area contributed by atoms with Crippen molar-refractivity contribution in [3.8, 4) is 0 Å². The first-order valence-corrected chi connectivity index (χ1v) is 4.25. The highest BCUT2D eigenvalue weighted by Crippen LogP contribution is 2.17. The van der Waals surface area contributed by atoms with Crippen LogP contribution in [0, 0.1) is 10.1 Å². The molecule has 8 nitrogen and oxygen atoms in total. The summed E-state index contributed by atoms with van der Waals surface area (Å²) in [5.41, 5.74) is -0.887. The van der Waals surface area contributed by atoms with E-state index < -0.39 is 22.3 Å². The van der Waals surface area contributed by atoms with Crippen molar-refractivity contribution >= 4 is 17.4 Å². The summed E-state index contributed by atoms with van der Waals surface area (Å²) >= 11 is 0. The van der Waals surface area contributed by atoms with E-state index in [1.54, 1.807) is 0 Å². The molecule has 0 unspecified atom stereocenters. The van der Waals surface area contributed by atoms with Gasteiger partial charge in [-0.3, -0.25) is 19.6 Å². The first-order valence-electron chi connectivity index (χ1n) is 4.25. The molecule has 0 saturated heterocycles. The van der Waals surface area contributed by atoms with Crippen molar-refractivity contribution in [1.29, 1.82) is 0 Å². The number of rotatable bonds is 4. The minimum atomic E-state index is -0.908. The normalized spacial score (nSPS) is 9.88. The third-order valence-corrected chi connectivity index (χ3v) is 1.70. The van der Waals surface area contributed by atoms with Gasteiger partial charge in [-0.05, 0) is 6.92 Å². The van der Waals surface area contributed by atoms with E-state index in [1.165, 1.54) is 6.92 Å². The van der Waals surface area contributed by atoms with Crippen LogP contribution in [0.4, 0.5) is 5.69 Å². The maximum absolute atomic E-state index is 11.2. The van der Waals surface area contributed by atoms with Crippen LogP contribution in [-0.2, 0) is 16.1 Å². The first kappa shape index (κ1) is 11.8. The topological polar surface area (TPSA) is 104 Å². The van der Waals surface area contributed by atoms with E-state index in [1.807, 2.05) is 0 Å². The quantitative estimate of drug-likeness (QED) is 0.412. The Balaban J connectivity index is 3.14. The van der Waals surface area contributed by atoms with Crippen LogP contribution in [0.2, 0.25) is 0 Å². The van der Waals surface area contributed by atoms with Crippen LogP contribution >= 0.6 is 0 Å². The summed E-state index contributed by atoms with van der Waals surface area (Å²) in [5, 5.41) is 14.2. The lowest BCUT2D eigenvalue weighted by molar-refractivity contribution is -0.385. The molecule has 1 heterocycles. The van der Waals surface area contributed by atoms with Gasteiger partial charge in [0.05, 0.1) is 18.6 Å². The van der Waals surface area contributed by atoms with Crippen LogP contribution in [0.25, 0.3) is 0 Å². The number of ketones is 1. The Morgan fingerprint density at radius 2 is 2.25 bits per heavy atom. The zero-order valence-electron chi connectivity index (χ0n) is 8.67. The average molecular weight is 227 g/mol. The number of nitrogens with zero attached hydrogens (tertiary/aromatic N) is 3. The number of nitro groups is 1. The number of hydrogen-bond donors (Lipinski definition) is 0. The van der Waals surface area contributed by atoms with Gasteiger partial charge in [0.15, 0.2) is 5.78 Å². The Hall–Kier alpha value is -2.25. The monoisotopic (exact) mass is 227 g/mol. The second-order valence-electron chi connectivity index (χ2n) is 3.01. The molecule has 1 rings (SSSR count). The maximum Gasteiger partial charge on any atom is 0.365 e. The number of hydrogen-bond acceptors (Lipinski definition) is 6. The number of carbonyl (C=O) groups is 2. The molecule has 0 fully saturated rings. The number of carbonyl (C=O) groups excluding carboxylic acids is 2. The lowest BCUT2D eigenvalue weighted by Crippen LogP contribution is -2.09. The Labute approximate surface area is 90.0 Å². The third kappa shape index (κ3) is 2.41. The van der Waals surface area contributed by atoms with Crippen molar-refractivity contribution in [3.63, 3.8) is 0 Å². The van der Waals surface area contributed by atoms with Crippen molar-refractivity contribution < 1.29 is 19.2 Å². The summed E-state index contributed by atoms with van der Waals surface area (Å²) in [7, 11) is 1.09. The van der Waals surface area contributed by atoms with Gasteiger partial charge in [0, 0.05) is 0 Å². The van der Waals surface area contributed by atoms with E-state index >= 15 is 0 Å². The van der Waals surface area contributed by atoms with Crippen LogP contribution in [0.5, 0.6) is 0 Å². The van der Waals surface area contributed by atoms with Crippen molar-refractivity contribution in [2.24, 2.45) is 0 Å². The molecule has 0 aliphatic carbocycles. The predicted molar refractivity (Wildman–Crippen MR) is 50.9 cm³/mol. The number of Topliss-reactive ketones (excluding diaryl/α,β-unsaturated/α-hetero) is 1. The molecule has 0 aliphatic rings. The van der Waals surface area contributed by atoms with E-state index in [0.717, 1.165) is 18.0 Å². The van der Waals surface area contributed by atoms with E-state index in [4.69, 9.17) is 0 Å². The highest BCUT2D eigenvalue weighted by atomic mass is 16.6. The molecule has 0 aromatic carbocycles. The van der Waals surface area contributed by atoms with E-state index in [2.05, 4.69) is 9.84 Å². The van der Waals surface area contributed by atoms with Gasteiger partial charge in [0.25, 0.3) is 0 Å². The summed E-state index contributed by atoms with van der Waals surface area (Å²) < 4.78 is 5.38. The zero-order valence-corrected chi connectivity index (χ0v) is 8.67. The molecule has 0 radical (unpaired) electrons. The Kier molecular flexibility index (Phi) is 3.33. The molecule has 0 atom stereocenters. The van der Waals surface area contributed by atoms with E-state index in [9.17, 15) is 19.7 Å². The molecule has 1 aromatic heterocycles. The molecule has 0 spiro atoms. The molecular weight excluding hydrogens is 218 g/mol. The Bertz CT molecular complexity index is 451. The van der Waals surface area contributed by atoms with Crippen molar-refractivity contribution in [1.82, 2.24) is 9.78 Å². The van der Waals surface area contributed by atoms with Crippen LogP contribution in [0.3, 0.4) is 0 Å². The second-order valence-corrected chi connectivity index (χ2v) is 3.01. The van der Waals surface area contributed by atoms with Gasteiger partial charge in [-0.25, -0.2) is 4.79 Å². The van der Waals surface area contributed by atoms with Crippen molar-refractivity contribution in [3.05, 3.63) is 22.0 Å². The maximum atomic E-state index is 11.2. The molecule has 86 valence electrons. The molecule has 0 saturated carbocycles. The van der Waals surface area contributed by atoms with Crippen molar-refractivity contribution in [2.45, 2.75) is 13.5 Å². The van der Waals surface area contributed by atoms with E-state index in [0.29, 0.717) is 0 Å². The summed E-state index contributed by atoms with van der Waals surface area (Å²) in [6.07, 6.45) is 1.02. The van der Waals surface area contributed by atoms with Crippen LogP contribution < -0.4 is 0 Å². The lowest BCUT2D eigenvalue weighted by atomic mass is 10.4. The zero-order chi connectivity index (χ0) is 12.3. The van der Waals surface area contributed by atoms with Crippen LogP contribution in [0.15, 0.2) is 6.20 Å². The average Bonchev–Trinajstić information content (AvgIpc) is 2.59. The highest BCUT2D eigenvalue weighted by Gasteiger charge is 2.26. The van der Waals surface area contributed by atoms with Crippen LogP contribution in [-0.4, -0.2) is 33.6 Å². The molecule has 0 N–H and O–H groups in total. The predicted octanol–water partition coefficient (Wildman–Crippen LogP) is 0.167. The number of aromatic nitrogens is 2. The van der Waals surface area contributed by atoms with Gasteiger partial charge in [0.1, 0.15) is 6.20 Å². The summed E-state index contributed by atoms with van der Waals surface area (Å²) in [6.45, 7) is 1.18. The van der Waals surface area contributed by atoms with Crippen molar-refractivity contribution in [2.75, 3.05) is 7.11 Å². The largest absolute Gasteiger partial charge is 0.464 e. The highest BCUT2D eigenvalue weighted by molar-refractivity contribution is 5.91. The minimum absolute atomic E-state index is 0.127. The van der Waals surface area contributed by atoms with Gasteiger partial charge in [0.2, 0.25) is 5.69 Å². The fourth-order valence-electron chi connectivity index (χ4n) is 1.10. The third-order valence-electron chi connectivity index (χ3n) is 1.70. The number of methoxy groups -OCH3 is 1. The minimum Gasteiger partial charge on any atom is -0.464 e. The molecule has 8 heteroatoms. The summed E-state index contributed by atoms with van der Waals surface area (Å²) in [4.78, 5) is 31.8. The fraction of sp³-hybridized carbons (Fsp3) is 0.375. The molecule has 0 aliphatic heterocycles. The van der Waals surface area contributed by atoms with Crippen LogP contribution in [0.1, 0.15) is 17.4 Å². The number of ether oxygens (including phenoxy) is 1. The molecule has 0 bridgehead atoms. The Morgan fingerprint density at radius 3 is 2.69 bits per heavy atom. The lowest BCUT2D eigenvalue weighted by Gasteiger charge is -1.94.